The monoisotopic (exact) mass is 630 g/mol. The van der Waals surface area contributed by atoms with Crippen LogP contribution in [0.2, 0.25) is 0 Å². The van der Waals surface area contributed by atoms with Crippen molar-refractivity contribution in [1.29, 1.82) is 0 Å². The normalized spacial score (nSPS) is 11.4. The van der Waals surface area contributed by atoms with Gasteiger partial charge in [0.05, 0.1) is 137 Å². The molecule has 42 heavy (non-hydrogen) atoms. The van der Waals surface area contributed by atoms with Crippen LogP contribution in [0.15, 0.2) is 29.2 Å². The van der Waals surface area contributed by atoms with E-state index in [4.69, 9.17) is 57.4 Å². The first-order chi connectivity index (χ1) is 20.4. The Balaban J connectivity index is 0.00000126. The predicted molar refractivity (Wildman–Crippen MR) is 153 cm³/mol. The standard InChI is InChI=1S/C20H42O11.C7H8O3S/c21-1-3-23-5-7-25-9-11-27-13-15-29-17-19-31-20-18-30-16-14-28-12-10-26-8-6-24-4-2-22;1-6-2-4-7(5-3-6)11(8,9)10/h21-22H,1-20H2;2-5H,1H3,(H,8,9,10). The zero-order chi connectivity index (χ0) is 31.0. The lowest BCUT2D eigenvalue weighted by atomic mass is 10.2. The van der Waals surface area contributed by atoms with Gasteiger partial charge in [-0.05, 0) is 19.1 Å². The zero-order valence-electron chi connectivity index (χ0n) is 24.7. The van der Waals surface area contributed by atoms with E-state index in [9.17, 15) is 8.42 Å². The minimum Gasteiger partial charge on any atom is -0.394 e. The zero-order valence-corrected chi connectivity index (χ0v) is 25.5. The van der Waals surface area contributed by atoms with Gasteiger partial charge in [0.15, 0.2) is 0 Å². The predicted octanol–water partition coefficient (Wildman–Crippen LogP) is 0.362. The number of aliphatic hydroxyl groups excluding tert-OH is 2. The maximum Gasteiger partial charge on any atom is 0.294 e. The fourth-order valence-electron chi connectivity index (χ4n) is 2.70. The average Bonchev–Trinajstić information content (AvgIpc) is 2.97. The number of benzene rings is 1. The summed E-state index contributed by atoms with van der Waals surface area (Å²) in [6.45, 7) is 10.6. The van der Waals surface area contributed by atoms with Crippen molar-refractivity contribution < 1.29 is 65.8 Å². The maximum absolute atomic E-state index is 10.5. The van der Waals surface area contributed by atoms with Crippen molar-refractivity contribution in [3.8, 4) is 0 Å². The number of aliphatic hydroxyl groups is 2. The highest BCUT2D eigenvalue weighted by molar-refractivity contribution is 7.85. The number of ether oxygens (including phenoxy) is 9. The van der Waals surface area contributed by atoms with E-state index in [2.05, 4.69) is 0 Å². The number of hydrogen-bond acceptors (Lipinski definition) is 13. The number of aryl methyl sites for hydroxylation is 1. The quantitative estimate of drug-likeness (QED) is 0.0816. The summed E-state index contributed by atoms with van der Waals surface area (Å²) < 4.78 is 77.2. The third kappa shape index (κ3) is 30.2. The maximum atomic E-state index is 10.5. The molecule has 0 spiro atoms. The van der Waals surface area contributed by atoms with Crippen molar-refractivity contribution in [1.82, 2.24) is 0 Å². The van der Waals surface area contributed by atoms with Gasteiger partial charge >= 0.3 is 0 Å². The Morgan fingerprint density at radius 3 is 0.857 bits per heavy atom. The fourth-order valence-corrected chi connectivity index (χ4v) is 3.18. The van der Waals surface area contributed by atoms with Crippen LogP contribution in [0.25, 0.3) is 0 Å². The molecule has 0 unspecified atom stereocenters. The Morgan fingerprint density at radius 1 is 0.452 bits per heavy atom. The molecule has 0 aromatic heterocycles. The molecule has 0 aliphatic carbocycles. The van der Waals surface area contributed by atoms with E-state index in [-0.39, 0.29) is 18.1 Å². The van der Waals surface area contributed by atoms with Crippen LogP contribution in [-0.2, 0) is 52.7 Å². The van der Waals surface area contributed by atoms with Gasteiger partial charge < -0.3 is 52.8 Å². The summed E-state index contributed by atoms with van der Waals surface area (Å²) >= 11 is 0. The molecular weight excluding hydrogens is 580 g/mol. The largest absolute Gasteiger partial charge is 0.394 e. The Bertz CT molecular complexity index is 752. The first kappa shape index (κ1) is 40.7. The molecule has 0 aliphatic heterocycles. The lowest BCUT2D eigenvalue weighted by Gasteiger charge is -2.08. The molecule has 0 bridgehead atoms. The summed E-state index contributed by atoms with van der Waals surface area (Å²) in [5.74, 6) is 0. The summed E-state index contributed by atoms with van der Waals surface area (Å²) in [4.78, 5) is -0.0666. The van der Waals surface area contributed by atoms with Crippen molar-refractivity contribution in [2.45, 2.75) is 11.8 Å². The third-order valence-corrected chi connectivity index (χ3v) is 5.63. The molecule has 1 aromatic carbocycles. The molecule has 15 heteroatoms. The van der Waals surface area contributed by atoms with Gasteiger partial charge in [-0.2, -0.15) is 8.42 Å². The molecule has 14 nitrogen and oxygen atoms in total. The highest BCUT2D eigenvalue weighted by Crippen LogP contribution is 2.08. The molecule has 0 saturated carbocycles. The van der Waals surface area contributed by atoms with Crippen LogP contribution >= 0.6 is 0 Å². The first-order valence-electron chi connectivity index (χ1n) is 13.9. The number of hydrogen-bond donors (Lipinski definition) is 3. The van der Waals surface area contributed by atoms with Crippen LogP contribution in [0.5, 0.6) is 0 Å². The fraction of sp³-hybridized carbons (Fsp3) is 0.778. The minimum atomic E-state index is -4.02. The molecule has 0 amide bonds. The molecule has 0 radical (unpaired) electrons. The van der Waals surface area contributed by atoms with Gasteiger partial charge in [0.1, 0.15) is 0 Å². The van der Waals surface area contributed by atoms with Crippen molar-refractivity contribution >= 4 is 10.1 Å². The van der Waals surface area contributed by atoms with E-state index in [0.29, 0.717) is 119 Å². The number of rotatable bonds is 29. The molecule has 0 saturated heterocycles. The van der Waals surface area contributed by atoms with Crippen molar-refractivity contribution in [3.05, 3.63) is 29.8 Å². The van der Waals surface area contributed by atoms with Gasteiger partial charge in [-0.3, -0.25) is 4.55 Å². The van der Waals surface area contributed by atoms with E-state index in [1.54, 1.807) is 12.1 Å². The SMILES string of the molecule is Cc1ccc(S(=O)(=O)O)cc1.OCCOCCOCCOCCOCCOCCOCCOCCOCCOCCO. The van der Waals surface area contributed by atoms with Crippen molar-refractivity contribution in [2.75, 3.05) is 132 Å². The highest BCUT2D eigenvalue weighted by Gasteiger charge is 2.06. The summed E-state index contributed by atoms with van der Waals surface area (Å²) in [5, 5.41) is 17.1. The molecule has 0 aliphatic rings. The summed E-state index contributed by atoms with van der Waals surface area (Å²) in [6, 6.07) is 5.99. The average molecular weight is 631 g/mol. The van der Waals surface area contributed by atoms with Crippen LogP contribution in [-0.4, -0.2) is 155 Å². The van der Waals surface area contributed by atoms with E-state index in [1.807, 2.05) is 6.92 Å². The van der Waals surface area contributed by atoms with E-state index in [0.717, 1.165) is 5.56 Å². The lowest BCUT2D eigenvalue weighted by molar-refractivity contribution is -0.0260. The second kappa shape index (κ2) is 31.1. The molecule has 0 atom stereocenters. The molecule has 0 heterocycles. The van der Waals surface area contributed by atoms with Crippen LogP contribution in [0.4, 0.5) is 0 Å². The molecule has 1 rings (SSSR count). The third-order valence-electron chi connectivity index (χ3n) is 4.77. The molecule has 0 fully saturated rings. The summed E-state index contributed by atoms with van der Waals surface area (Å²) in [5.41, 5.74) is 0.956. The van der Waals surface area contributed by atoms with Gasteiger partial charge in [-0.1, -0.05) is 17.7 Å². The van der Waals surface area contributed by atoms with Gasteiger partial charge in [0, 0.05) is 0 Å². The van der Waals surface area contributed by atoms with Crippen LogP contribution in [0.1, 0.15) is 5.56 Å². The Morgan fingerprint density at radius 2 is 0.667 bits per heavy atom. The lowest BCUT2D eigenvalue weighted by Crippen LogP contribution is -2.15. The van der Waals surface area contributed by atoms with Gasteiger partial charge in [0.2, 0.25) is 0 Å². The Hall–Kier alpha value is -1.31. The van der Waals surface area contributed by atoms with Crippen LogP contribution in [0.3, 0.4) is 0 Å². The van der Waals surface area contributed by atoms with Crippen LogP contribution in [0, 0.1) is 6.92 Å². The highest BCUT2D eigenvalue weighted by atomic mass is 32.2. The van der Waals surface area contributed by atoms with Gasteiger partial charge in [0.25, 0.3) is 10.1 Å². The van der Waals surface area contributed by atoms with E-state index < -0.39 is 10.1 Å². The van der Waals surface area contributed by atoms with Crippen molar-refractivity contribution in [3.63, 3.8) is 0 Å². The van der Waals surface area contributed by atoms with E-state index in [1.165, 1.54) is 12.1 Å². The summed E-state index contributed by atoms with van der Waals surface area (Å²) in [7, 11) is -4.02. The molecule has 1 aromatic rings. The molecule has 3 N–H and O–H groups in total. The van der Waals surface area contributed by atoms with Crippen LogP contribution < -0.4 is 0 Å². The smallest absolute Gasteiger partial charge is 0.294 e. The second-order valence-corrected chi connectivity index (χ2v) is 9.67. The Kier molecular flexibility index (Phi) is 30.2. The topological polar surface area (TPSA) is 178 Å². The van der Waals surface area contributed by atoms with Crippen molar-refractivity contribution in [2.24, 2.45) is 0 Å². The molecular formula is C27H50O14S. The molecule has 248 valence electrons. The second-order valence-electron chi connectivity index (χ2n) is 8.25. The minimum absolute atomic E-state index is 0.0278. The van der Waals surface area contributed by atoms with Gasteiger partial charge in [-0.15, -0.1) is 0 Å². The summed E-state index contributed by atoms with van der Waals surface area (Å²) in [6.07, 6.45) is 0. The van der Waals surface area contributed by atoms with Gasteiger partial charge in [-0.25, -0.2) is 0 Å². The van der Waals surface area contributed by atoms with E-state index >= 15 is 0 Å². The first-order valence-corrected chi connectivity index (χ1v) is 15.3. The Labute approximate surface area is 249 Å².